The van der Waals surface area contributed by atoms with Crippen molar-refractivity contribution in [1.82, 2.24) is 4.90 Å². The van der Waals surface area contributed by atoms with E-state index < -0.39 is 6.09 Å². The van der Waals surface area contributed by atoms with Crippen molar-refractivity contribution in [2.75, 3.05) is 31.1 Å². The Morgan fingerprint density at radius 3 is 2.93 bits per heavy atom. The first kappa shape index (κ1) is 20.2. The molecule has 0 bridgehead atoms. The number of hydrogen-bond donors (Lipinski definition) is 1. The summed E-state index contributed by atoms with van der Waals surface area (Å²) in [5.41, 5.74) is 3.58. The number of benzene rings is 2. The maximum absolute atomic E-state index is 11.6. The van der Waals surface area contributed by atoms with Gasteiger partial charge in [0.05, 0.1) is 18.3 Å². The summed E-state index contributed by atoms with van der Waals surface area (Å²) in [6.45, 7) is 2.75. The van der Waals surface area contributed by atoms with Crippen LogP contribution in [-0.4, -0.2) is 48.4 Å². The van der Waals surface area contributed by atoms with E-state index in [4.69, 9.17) is 16.3 Å². The number of anilines is 1. The normalized spacial score (nSPS) is 25.1. The zero-order valence-corrected chi connectivity index (χ0v) is 19.5. The molecule has 1 spiro atoms. The Morgan fingerprint density at radius 2 is 2.17 bits per heavy atom. The zero-order valence-electron chi connectivity index (χ0n) is 16.6. The molecule has 158 valence electrons. The van der Waals surface area contributed by atoms with Gasteiger partial charge in [0.1, 0.15) is 5.75 Å². The average Bonchev–Trinajstić information content (AvgIpc) is 2.82. The van der Waals surface area contributed by atoms with Crippen LogP contribution in [0.15, 0.2) is 36.4 Å². The Morgan fingerprint density at radius 1 is 1.30 bits per heavy atom. The lowest BCUT2D eigenvalue weighted by atomic mass is 9.70. The van der Waals surface area contributed by atoms with Gasteiger partial charge in [-0.1, -0.05) is 17.7 Å². The van der Waals surface area contributed by atoms with Gasteiger partial charge in [-0.2, -0.15) is 0 Å². The van der Waals surface area contributed by atoms with E-state index in [1.165, 1.54) is 11.1 Å². The molecule has 3 aliphatic rings. The number of hydrogen-bond acceptors (Lipinski definition) is 3. The fourth-order valence-electron chi connectivity index (χ4n) is 5.22. The van der Waals surface area contributed by atoms with Gasteiger partial charge in [0.2, 0.25) is 0 Å². The van der Waals surface area contributed by atoms with Gasteiger partial charge in [0, 0.05) is 33.6 Å². The number of nitrogens with zero attached hydrogens (tertiary/aromatic N) is 2. The van der Waals surface area contributed by atoms with Crippen molar-refractivity contribution in [2.24, 2.45) is 0 Å². The van der Waals surface area contributed by atoms with Gasteiger partial charge in [-0.25, -0.2) is 4.79 Å². The van der Waals surface area contributed by atoms with Crippen molar-refractivity contribution in [2.45, 2.75) is 37.1 Å². The Hall–Kier alpha value is -1.67. The predicted molar refractivity (Wildman–Crippen MR) is 126 cm³/mol. The van der Waals surface area contributed by atoms with E-state index in [1.807, 2.05) is 12.1 Å². The van der Waals surface area contributed by atoms with Gasteiger partial charge in [-0.15, -0.1) is 0 Å². The number of fused-ring (bicyclic) bond motifs is 3. The number of carboxylic acid groups (broad SMARTS) is 1. The molecule has 0 unspecified atom stereocenters. The molecule has 0 radical (unpaired) electrons. The average molecular weight is 539 g/mol. The summed E-state index contributed by atoms with van der Waals surface area (Å²) in [5, 5.41) is 10.3. The van der Waals surface area contributed by atoms with Crippen LogP contribution in [0.25, 0.3) is 0 Å². The maximum atomic E-state index is 11.6. The first-order chi connectivity index (χ1) is 14.4. The molecule has 5 rings (SSSR count). The van der Waals surface area contributed by atoms with Crippen molar-refractivity contribution in [1.29, 1.82) is 0 Å². The molecule has 1 amide bonds. The largest absolute Gasteiger partial charge is 0.490 e. The monoisotopic (exact) mass is 538 g/mol. The van der Waals surface area contributed by atoms with E-state index in [9.17, 15) is 9.90 Å². The first-order valence-electron chi connectivity index (χ1n) is 10.4. The first-order valence-corrected chi connectivity index (χ1v) is 11.9. The maximum Gasteiger partial charge on any atom is 0.407 e. The quantitative estimate of drug-likeness (QED) is 0.536. The van der Waals surface area contributed by atoms with E-state index in [0.29, 0.717) is 19.7 Å². The molecule has 1 fully saturated rings. The van der Waals surface area contributed by atoms with Crippen LogP contribution in [0.3, 0.4) is 0 Å². The number of ether oxygens (including phenoxy) is 1. The van der Waals surface area contributed by atoms with Crippen molar-refractivity contribution in [3.8, 4) is 5.75 Å². The van der Waals surface area contributed by atoms with Gasteiger partial charge >= 0.3 is 6.09 Å². The van der Waals surface area contributed by atoms with Crippen LogP contribution in [-0.2, 0) is 11.8 Å². The lowest BCUT2D eigenvalue weighted by Gasteiger charge is -2.45. The smallest absolute Gasteiger partial charge is 0.407 e. The minimum absolute atomic E-state index is 0.0247. The molecular formula is C23H24ClIN2O3. The summed E-state index contributed by atoms with van der Waals surface area (Å²) >= 11 is 8.62. The highest BCUT2D eigenvalue weighted by molar-refractivity contribution is 14.1. The molecule has 7 heteroatoms. The van der Waals surface area contributed by atoms with Crippen molar-refractivity contribution in [3.05, 3.63) is 56.1 Å². The van der Waals surface area contributed by atoms with Crippen LogP contribution in [0.1, 0.15) is 30.4 Å². The summed E-state index contributed by atoms with van der Waals surface area (Å²) in [5.74, 6) is 0.884. The molecule has 2 aliphatic heterocycles. The summed E-state index contributed by atoms with van der Waals surface area (Å²) < 4.78 is 7.56. The van der Waals surface area contributed by atoms with Gasteiger partial charge in [0.25, 0.3) is 0 Å². The Labute approximate surface area is 195 Å². The molecule has 0 saturated carbocycles. The molecule has 1 aliphatic carbocycles. The van der Waals surface area contributed by atoms with Crippen LogP contribution in [0, 0.1) is 3.57 Å². The van der Waals surface area contributed by atoms with Gasteiger partial charge in [-0.05, 0) is 89.7 Å². The van der Waals surface area contributed by atoms with E-state index >= 15 is 0 Å². The second-order valence-electron chi connectivity index (χ2n) is 8.64. The fourth-order valence-corrected chi connectivity index (χ4v) is 5.89. The fraction of sp³-hybridized carbons (Fsp3) is 0.435. The minimum atomic E-state index is -0.826. The molecule has 2 aromatic carbocycles. The second kappa shape index (κ2) is 7.79. The molecule has 2 aromatic rings. The van der Waals surface area contributed by atoms with Crippen molar-refractivity contribution < 1.29 is 14.6 Å². The molecule has 2 heterocycles. The van der Waals surface area contributed by atoms with Crippen LogP contribution in [0.5, 0.6) is 5.75 Å². The highest BCUT2D eigenvalue weighted by Gasteiger charge is 2.43. The van der Waals surface area contributed by atoms with Crippen LogP contribution < -0.4 is 9.64 Å². The third-order valence-electron chi connectivity index (χ3n) is 6.82. The van der Waals surface area contributed by atoms with Crippen LogP contribution in [0.2, 0.25) is 5.02 Å². The van der Waals surface area contributed by atoms with Crippen molar-refractivity contribution >= 4 is 46.0 Å². The van der Waals surface area contributed by atoms with Gasteiger partial charge in [-0.3, -0.25) is 0 Å². The molecule has 0 aromatic heterocycles. The third-order valence-corrected chi connectivity index (χ3v) is 7.73. The van der Waals surface area contributed by atoms with Crippen LogP contribution in [0.4, 0.5) is 10.5 Å². The topological polar surface area (TPSA) is 53.0 Å². The highest BCUT2D eigenvalue weighted by Crippen LogP contribution is 2.45. The SMILES string of the molecule is O=C(O)N1CC[C@H]1CN1C[C@@]2(CCCc3cc(Cl)ccc32)COc2ccc(I)cc21. The number of aryl methyl sites for hydroxylation is 1. The van der Waals surface area contributed by atoms with Gasteiger partial charge < -0.3 is 19.6 Å². The number of amides is 1. The number of halogens is 2. The van der Waals surface area contributed by atoms with Gasteiger partial charge in [0.15, 0.2) is 0 Å². The number of carbonyl (C=O) groups is 1. The Bertz CT molecular complexity index is 1000. The predicted octanol–water partition coefficient (Wildman–Crippen LogP) is 5.17. The summed E-state index contributed by atoms with van der Waals surface area (Å²) in [7, 11) is 0. The lowest BCUT2D eigenvalue weighted by molar-refractivity contribution is 0.0776. The lowest BCUT2D eigenvalue weighted by Crippen LogP contribution is -2.57. The molecule has 5 nitrogen and oxygen atoms in total. The molecule has 2 atom stereocenters. The Balaban J connectivity index is 1.54. The highest BCUT2D eigenvalue weighted by atomic mass is 127. The molecule has 30 heavy (non-hydrogen) atoms. The molecular weight excluding hydrogens is 515 g/mol. The number of rotatable bonds is 2. The standard InChI is InChI=1S/C23H24ClIN2O3/c24-16-3-5-19-15(10-16)2-1-8-23(19)13-26(12-18-7-9-27(18)22(28)29)20-11-17(25)4-6-21(20)30-14-23/h3-6,10-11,18H,1-2,7-9,12-14H2,(H,28,29)/t18-,23-/m0/s1. The van der Waals surface area contributed by atoms with Crippen molar-refractivity contribution in [3.63, 3.8) is 0 Å². The number of likely N-dealkylation sites (tertiary alicyclic amines) is 1. The second-order valence-corrected chi connectivity index (χ2v) is 10.3. The van der Waals surface area contributed by atoms with E-state index in [-0.39, 0.29) is 11.5 Å². The van der Waals surface area contributed by atoms with E-state index in [1.54, 1.807) is 4.90 Å². The summed E-state index contributed by atoms with van der Waals surface area (Å²) in [6, 6.07) is 12.5. The third kappa shape index (κ3) is 3.51. The molecule has 1 N–H and O–H groups in total. The molecule has 1 saturated heterocycles. The Kier molecular flexibility index (Phi) is 5.25. The summed E-state index contributed by atoms with van der Waals surface area (Å²) in [4.78, 5) is 15.5. The minimum Gasteiger partial charge on any atom is -0.490 e. The van der Waals surface area contributed by atoms with E-state index in [0.717, 1.165) is 52.3 Å². The summed E-state index contributed by atoms with van der Waals surface area (Å²) in [6.07, 6.45) is 3.27. The zero-order chi connectivity index (χ0) is 20.9. The van der Waals surface area contributed by atoms with E-state index in [2.05, 4.69) is 51.8 Å². The van der Waals surface area contributed by atoms with Crippen LogP contribution >= 0.6 is 34.2 Å².